The summed E-state index contributed by atoms with van der Waals surface area (Å²) in [5.41, 5.74) is -3.29. The van der Waals surface area contributed by atoms with Gasteiger partial charge in [-0.15, -0.1) is 22.7 Å². The van der Waals surface area contributed by atoms with E-state index in [2.05, 4.69) is 0 Å². The first-order valence-corrected chi connectivity index (χ1v) is 12.6. The first-order valence-electron chi connectivity index (χ1n) is 11.0. The highest BCUT2D eigenvalue weighted by atomic mass is 32.1. The Morgan fingerprint density at radius 1 is 0.917 bits per heavy atom. The van der Waals surface area contributed by atoms with Crippen molar-refractivity contribution in [3.05, 3.63) is 70.4 Å². The average Bonchev–Trinajstić information content (AvgIpc) is 3.56. The van der Waals surface area contributed by atoms with E-state index in [-0.39, 0.29) is 27.5 Å². The molecule has 0 spiro atoms. The molecule has 36 heavy (non-hydrogen) atoms. The number of ketones is 2. The fourth-order valence-electron chi connectivity index (χ4n) is 4.78. The maximum Gasteiger partial charge on any atom is 0.320 e. The summed E-state index contributed by atoms with van der Waals surface area (Å²) in [5, 5.41) is 47.4. The number of hydrogen-bond acceptors (Lipinski definition) is 9. The third-order valence-corrected chi connectivity index (χ3v) is 9.08. The molecule has 2 amide bonds. The largest absolute Gasteiger partial charge is 0.391 e. The van der Waals surface area contributed by atoms with Crippen LogP contribution >= 0.6 is 22.7 Å². The quantitative estimate of drug-likeness (QED) is 0.190. The molecule has 2 heterocycles. The number of thiophene rings is 2. The number of nitrogens with two attached hydrogens (primary N) is 1. The Hall–Kier alpha value is -3.19. The Morgan fingerprint density at radius 2 is 1.39 bits per heavy atom. The fraction of sp³-hybridized carbons (Fsp3) is 0.240. The fourth-order valence-corrected chi connectivity index (χ4v) is 7.11. The van der Waals surface area contributed by atoms with Crippen molar-refractivity contribution in [1.82, 2.24) is 4.90 Å². The minimum absolute atomic E-state index is 0.00558. The number of urea groups is 1. The molecule has 2 aromatic carbocycles. The number of hydrogen-bond donors (Lipinski definition) is 5. The van der Waals surface area contributed by atoms with Gasteiger partial charge in [-0.2, -0.15) is 0 Å². The maximum atomic E-state index is 13.0. The smallest absolute Gasteiger partial charge is 0.320 e. The van der Waals surface area contributed by atoms with Crippen molar-refractivity contribution in [3.8, 4) is 0 Å². The number of aliphatic hydroxyl groups excluding tert-OH is 1. The molecule has 186 valence electrons. The third kappa shape index (κ3) is 3.25. The molecule has 1 aliphatic carbocycles. The highest BCUT2D eigenvalue weighted by Gasteiger charge is 2.70. The molecule has 0 bridgehead atoms. The lowest BCUT2D eigenvalue weighted by atomic mass is 9.82. The molecular formula is C25H22N2O7S2. The van der Waals surface area contributed by atoms with E-state index in [1.165, 1.54) is 12.1 Å². The van der Waals surface area contributed by atoms with Gasteiger partial charge in [0.15, 0.2) is 11.6 Å². The van der Waals surface area contributed by atoms with Crippen LogP contribution in [-0.2, 0) is 21.0 Å². The Kier molecular flexibility index (Phi) is 5.75. The van der Waals surface area contributed by atoms with Gasteiger partial charge in [-0.25, -0.2) is 4.79 Å². The van der Waals surface area contributed by atoms with E-state index in [0.29, 0.717) is 20.2 Å². The third-order valence-electron chi connectivity index (χ3n) is 6.61. The number of aliphatic hydroxyl groups is 4. The summed E-state index contributed by atoms with van der Waals surface area (Å²) in [6.45, 7) is -1.16. The summed E-state index contributed by atoms with van der Waals surface area (Å²) >= 11 is 1.93. The van der Waals surface area contributed by atoms with Crippen LogP contribution in [0.5, 0.6) is 0 Å². The van der Waals surface area contributed by atoms with Crippen LogP contribution < -0.4 is 5.73 Å². The Bertz CT molecular complexity index is 1450. The van der Waals surface area contributed by atoms with Gasteiger partial charge in [0.2, 0.25) is 17.1 Å². The molecule has 0 radical (unpaired) electrons. The van der Waals surface area contributed by atoms with Crippen molar-refractivity contribution in [2.24, 2.45) is 5.73 Å². The standard InChI is InChI=1S/C25H22N2O7S2/c26-22(31)27(23(32,13-28)20-11-14-5-1-3-7-16(14)35-20)25(34,24(33)18(29)9-10-19(24)30)21-12-15-6-2-4-8-17(15)36-21/h1-8,11-12,28,32-34H,9-10,13H2,(H2,26,31). The monoisotopic (exact) mass is 526 g/mol. The summed E-state index contributed by atoms with van der Waals surface area (Å²) in [4.78, 5) is 39.2. The molecule has 11 heteroatoms. The molecule has 6 N–H and O–H groups in total. The molecule has 1 fully saturated rings. The molecule has 1 saturated carbocycles. The molecule has 0 aliphatic heterocycles. The van der Waals surface area contributed by atoms with Crippen LogP contribution in [0.1, 0.15) is 22.6 Å². The summed E-state index contributed by atoms with van der Waals surface area (Å²) in [5.74, 6) is -2.06. The molecule has 0 saturated heterocycles. The Morgan fingerprint density at radius 3 is 1.86 bits per heavy atom. The SMILES string of the molecule is NC(=O)N(C(O)(CO)c1cc2ccccc2s1)C(O)(c1cc2ccccc2s1)C1(O)C(=O)CCC1=O. The first-order chi connectivity index (χ1) is 17.1. The lowest BCUT2D eigenvalue weighted by Gasteiger charge is -2.50. The van der Waals surface area contributed by atoms with Gasteiger partial charge in [0.05, 0.1) is 16.4 Å². The van der Waals surface area contributed by atoms with E-state index in [4.69, 9.17) is 5.73 Å². The van der Waals surface area contributed by atoms with Crippen molar-refractivity contribution in [1.29, 1.82) is 0 Å². The van der Waals surface area contributed by atoms with Crippen LogP contribution in [0.15, 0.2) is 60.7 Å². The maximum absolute atomic E-state index is 13.0. The zero-order valence-corrected chi connectivity index (χ0v) is 20.4. The zero-order chi connectivity index (χ0) is 25.9. The van der Waals surface area contributed by atoms with E-state index in [0.717, 1.165) is 22.7 Å². The van der Waals surface area contributed by atoms with Gasteiger partial charge in [0.25, 0.3) is 0 Å². The molecular weight excluding hydrogens is 504 g/mol. The number of benzene rings is 2. The van der Waals surface area contributed by atoms with Gasteiger partial charge in [-0.3, -0.25) is 14.5 Å². The molecule has 2 aromatic heterocycles. The topological polar surface area (TPSA) is 161 Å². The van der Waals surface area contributed by atoms with Crippen LogP contribution in [0, 0.1) is 0 Å². The van der Waals surface area contributed by atoms with E-state index in [1.54, 1.807) is 48.5 Å². The second-order valence-corrected chi connectivity index (χ2v) is 10.8. The van der Waals surface area contributed by atoms with E-state index in [1.807, 2.05) is 0 Å². The Balaban J connectivity index is 1.82. The number of amides is 2. The van der Waals surface area contributed by atoms with Gasteiger partial charge >= 0.3 is 6.03 Å². The normalized spacial score (nSPS) is 18.9. The van der Waals surface area contributed by atoms with E-state index >= 15 is 0 Å². The van der Waals surface area contributed by atoms with Gasteiger partial charge in [0, 0.05) is 22.2 Å². The van der Waals surface area contributed by atoms with Crippen LogP contribution in [0.2, 0.25) is 0 Å². The highest BCUT2D eigenvalue weighted by molar-refractivity contribution is 7.19. The van der Waals surface area contributed by atoms with Crippen LogP contribution in [0.25, 0.3) is 20.2 Å². The second-order valence-electron chi connectivity index (χ2n) is 8.67. The molecule has 4 aromatic rings. The van der Waals surface area contributed by atoms with E-state index in [9.17, 15) is 34.8 Å². The summed E-state index contributed by atoms with van der Waals surface area (Å²) in [6, 6.07) is 15.3. The average molecular weight is 527 g/mol. The number of carbonyl (C=O) groups excluding carboxylic acids is 3. The van der Waals surface area contributed by atoms with E-state index < -0.39 is 41.3 Å². The Labute approximate surface area is 212 Å². The van der Waals surface area contributed by atoms with Crippen molar-refractivity contribution in [2.45, 2.75) is 29.9 Å². The number of rotatable bonds is 6. The second kappa shape index (κ2) is 8.44. The van der Waals surface area contributed by atoms with Crippen molar-refractivity contribution < 1.29 is 34.8 Å². The number of primary amides is 1. The highest BCUT2D eigenvalue weighted by Crippen LogP contribution is 2.51. The summed E-state index contributed by atoms with van der Waals surface area (Å²) in [6.07, 6.45) is -0.759. The number of nitrogens with zero attached hydrogens (tertiary/aromatic N) is 1. The first kappa shape index (κ1) is 24.5. The lowest BCUT2D eigenvalue weighted by molar-refractivity contribution is -0.273. The van der Waals surface area contributed by atoms with Gasteiger partial charge in [0.1, 0.15) is 0 Å². The van der Waals surface area contributed by atoms with Crippen molar-refractivity contribution in [3.63, 3.8) is 0 Å². The molecule has 1 aliphatic rings. The lowest BCUT2D eigenvalue weighted by Crippen LogP contribution is -2.73. The minimum atomic E-state index is -3.14. The molecule has 9 nitrogen and oxygen atoms in total. The predicted octanol–water partition coefficient (Wildman–Crippen LogP) is 2.14. The number of fused-ring (bicyclic) bond motifs is 2. The predicted molar refractivity (Wildman–Crippen MR) is 134 cm³/mol. The van der Waals surface area contributed by atoms with Crippen molar-refractivity contribution in [2.75, 3.05) is 6.61 Å². The molecule has 2 atom stereocenters. The van der Waals surface area contributed by atoms with Gasteiger partial charge in [-0.05, 0) is 35.0 Å². The van der Waals surface area contributed by atoms with Gasteiger partial charge < -0.3 is 26.2 Å². The number of Topliss-reactive ketones (excluding diaryl/α,β-unsaturated/α-hetero) is 2. The minimum Gasteiger partial charge on any atom is -0.391 e. The summed E-state index contributed by atoms with van der Waals surface area (Å²) in [7, 11) is 0. The van der Waals surface area contributed by atoms with Gasteiger partial charge in [-0.1, -0.05) is 36.4 Å². The van der Waals surface area contributed by atoms with Crippen molar-refractivity contribution >= 4 is 60.4 Å². The number of carbonyl (C=O) groups is 3. The zero-order valence-electron chi connectivity index (χ0n) is 18.7. The van der Waals surface area contributed by atoms with Crippen LogP contribution in [0.4, 0.5) is 4.79 Å². The van der Waals surface area contributed by atoms with Crippen LogP contribution in [0.3, 0.4) is 0 Å². The summed E-state index contributed by atoms with van der Waals surface area (Å²) < 4.78 is 1.31. The molecule has 2 unspecified atom stereocenters. The van der Waals surface area contributed by atoms with Crippen LogP contribution in [-0.4, -0.2) is 55.1 Å². The molecule has 5 rings (SSSR count).